The van der Waals surface area contributed by atoms with E-state index in [1.807, 2.05) is 0 Å². The van der Waals surface area contributed by atoms with Crippen LogP contribution in [0.5, 0.6) is 0 Å². The van der Waals surface area contributed by atoms with Crippen LogP contribution in [-0.4, -0.2) is 18.9 Å². The Morgan fingerprint density at radius 2 is 2.25 bits per heavy atom. The van der Waals surface area contributed by atoms with Crippen LogP contribution in [0.25, 0.3) is 0 Å². The first-order valence-corrected chi connectivity index (χ1v) is 6.11. The van der Waals surface area contributed by atoms with Crippen LogP contribution in [0.2, 0.25) is 0 Å². The highest BCUT2D eigenvalue weighted by Crippen LogP contribution is 2.17. The second-order valence-electron chi connectivity index (χ2n) is 4.18. The van der Waals surface area contributed by atoms with Gasteiger partial charge in [0, 0.05) is 17.3 Å². The summed E-state index contributed by atoms with van der Waals surface area (Å²) in [6, 6.07) is 4.82. The molecule has 1 heterocycles. The maximum absolute atomic E-state index is 13.4. The summed E-state index contributed by atoms with van der Waals surface area (Å²) in [5.41, 5.74) is 0.487. The van der Waals surface area contributed by atoms with E-state index in [4.69, 9.17) is 0 Å². The van der Waals surface area contributed by atoms with Gasteiger partial charge in [0.15, 0.2) is 0 Å². The van der Waals surface area contributed by atoms with Crippen molar-refractivity contribution < 1.29 is 9.18 Å². The number of hydrogen-bond donors (Lipinski definition) is 1. The Morgan fingerprint density at radius 1 is 1.50 bits per heavy atom. The Bertz CT molecular complexity index is 404. The molecule has 0 unspecified atom stereocenters. The number of rotatable bonds is 4. The minimum Gasteiger partial charge on any atom is -0.316 e. The van der Waals surface area contributed by atoms with E-state index in [9.17, 15) is 9.18 Å². The number of nitrogens with one attached hydrogen (secondary N) is 1. The summed E-state index contributed by atoms with van der Waals surface area (Å²) >= 11 is 3.19. The Morgan fingerprint density at radius 3 is 2.81 bits per heavy atom. The van der Waals surface area contributed by atoms with Gasteiger partial charge in [-0.25, -0.2) is 4.39 Å². The predicted molar refractivity (Wildman–Crippen MR) is 63.8 cm³/mol. The number of halogens is 2. The Balaban J connectivity index is 1.94. The largest absolute Gasteiger partial charge is 0.316 e. The molecule has 1 aliphatic rings. The SMILES string of the molecule is O=C(Cc1ccc(Br)cc1F)CC1CNC1. The summed E-state index contributed by atoms with van der Waals surface area (Å²) in [6.45, 7) is 1.82. The molecule has 0 atom stereocenters. The van der Waals surface area contributed by atoms with Gasteiger partial charge in [-0.3, -0.25) is 4.79 Å². The summed E-state index contributed by atoms with van der Waals surface area (Å²) in [5, 5.41) is 3.12. The first kappa shape index (κ1) is 11.7. The fourth-order valence-corrected chi connectivity index (χ4v) is 2.10. The first-order chi connectivity index (χ1) is 7.65. The van der Waals surface area contributed by atoms with Crippen molar-refractivity contribution in [2.24, 2.45) is 5.92 Å². The molecule has 1 saturated heterocycles. The van der Waals surface area contributed by atoms with E-state index in [1.54, 1.807) is 12.1 Å². The van der Waals surface area contributed by atoms with Crippen molar-refractivity contribution in [3.05, 3.63) is 34.1 Å². The maximum atomic E-state index is 13.4. The number of benzene rings is 1. The molecule has 2 rings (SSSR count). The third-order valence-corrected chi connectivity index (χ3v) is 3.28. The monoisotopic (exact) mass is 285 g/mol. The van der Waals surface area contributed by atoms with Crippen molar-refractivity contribution in [3.8, 4) is 0 Å². The number of carbonyl (C=O) groups excluding carboxylic acids is 1. The summed E-state index contributed by atoms with van der Waals surface area (Å²) < 4.78 is 14.1. The third-order valence-electron chi connectivity index (χ3n) is 2.79. The van der Waals surface area contributed by atoms with Crippen molar-refractivity contribution in [1.82, 2.24) is 5.32 Å². The van der Waals surface area contributed by atoms with E-state index in [0.717, 1.165) is 13.1 Å². The molecular weight excluding hydrogens is 273 g/mol. The molecule has 1 N–H and O–H groups in total. The lowest BCUT2D eigenvalue weighted by atomic mass is 9.94. The van der Waals surface area contributed by atoms with E-state index >= 15 is 0 Å². The molecule has 0 saturated carbocycles. The highest BCUT2D eigenvalue weighted by molar-refractivity contribution is 9.10. The quantitative estimate of drug-likeness (QED) is 0.920. The number of ketones is 1. The van der Waals surface area contributed by atoms with E-state index in [1.165, 1.54) is 6.07 Å². The molecule has 86 valence electrons. The van der Waals surface area contributed by atoms with Gasteiger partial charge in [0.05, 0.1) is 0 Å². The second kappa shape index (κ2) is 5.06. The zero-order valence-electron chi connectivity index (χ0n) is 8.80. The van der Waals surface area contributed by atoms with Gasteiger partial charge in [0.1, 0.15) is 11.6 Å². The van der Waals surface area contributed by atoms with E-state index in [0.29, 0.717) is 22.4 Å². The van der Waals surface area contributed by atoms with Gasteiger partial charge < -0.3 is 5.32 Å². The smallest absolute Gasteiger partial charge is 0.137 e. The van der Waals surface area contributed by atoms with Crippen LogP contribution in [-0.2, 0) is 11.2 Å². The molecule has 0 spiro atoms. The summed E-state index contributed by atoms with van der Waals surface area (Å²) in [5.74, 6) is 0.258. The standard InChI is InChI=1S/C12H13BrFNO/c13-10-2-1-9(12(14)5-10)4-11(16)3-8-6-15-7-8/h1-2,5,8,15H,3-4,6-7H2. The van der Waals surface area contributed by atoms with Crippen LogP contribution in [0, 0.1) is 11.7 Å². The number of carbonyl (C=O) groups is 1. The van der Waals surface area contributed by atoms with E-state index in [-0.39, 0.29) is 18.0 Å². The molecule has 2 nitrogen and oxygen atoms in total. The van der Waals surface area contributed by atoms with Crippen LogP contribution in [0.4, 0.5) is 4.39 Å². The van der Waals surface area contributed by atoms with E-state index in [2.05, 4.69) is 21.2 Å². The predicted octanol–water partition coefficient (Wildman–Crippen LogP) is 2.31. The van der Waals surface area contributed by atoms with Crippen molar-refractivity contribution in [1.29, 1.82) is 0 Å². The van der Waals surface area contributed by atoms with Gasteiger partial charge in [-0.1, -0.05) is 22.0 Å². The van der Waals surface area contributed by atoms with Gasteiger partial charge in [0.2, 0.25) is 0 Å². The summed E-state index contributed by atoms with van der Waals surface area (Å²) in [4.78, 5) is 11.6. The van der Waals surface area contributed by atoms with Crippen molar-refractivity contribution in [2.45, 2.75) is 12.8 Å². The molecule has 16 heavy (non-hydrogen) atoms. The van der Waals surface area contributed by atoms with Gasteiger partial charge in [-0.2, -0.15) is 0 Å². The fourth-order valence-electron chi connectivity index (χ4n) is 1.76. The second-order valence-corrected chi connectivity index (χ2v) is 5.10. The maximum Gasteiger partial charge on any atom is 0.137 e. The molecule has 0 radical (unpaired) electrons. The lowest BCUT2D eigenvalue weighted by Crippen LogP contribution is -2.43. The Kier molecular flexibility index (Phi) is 3.71. The zero-order valence-corrected chi connectivity index (χ0v) is 10.4. The Labute approximate surface area is 102 Å². The number of Topliss-reactive ketones (excluding diaryl/α,β-unsaturated/α-hetero) is 1. The zero-order chi connectivity index (χ0) is 11.5. The first-order valence-electron chi connectivity index (χ1n) is 5.31. The lowest BCUT2D eigenvalue weighted by molar-refractivity contribution is -0.119. The Hall–Kier alpha value is -0.740. The van der Waals surface area contributed by atoms with Crippen LogP contribution >= 0.6 is 15.9 Å². The highest BCUT2D eigenvalue weighted by Gasteiger charge is 2.20. The van der Waals surface area contributed by atoms with Crippen molar-refractivity contribution in [2.75, 3.05) is 13.1 Å². The molecule has 1 fully saturated rings. The average molecular weight is 286 g/mol. The van der Waals surface area contributed by atoms with Crippen molar-refractivity contribution >= 4 is 21.7 Å². The average Bonchev–Trinajstić information content (AvgIpc) is 2.16. The molecule has 1 aliphatic heterocycles. The van der Waals surface area contributed by atoms with Crippen molar-refractivity contribution in [3.63, 3.8) is 0 Å². The topological polar surface area (TPSA) is 29.1 Å². The van der Waals surface area contributed by atoms with Gasteiger partial charge in [-0.15, -0.1) is 0 Å². The number of hydrogen-bond acceptors (Lipinski definition) is 2. The summed E-state index contributed by atoms with van der Waals surface area (Å²) in [6.07, 6.45) is 0.762. The normalized spacial score (nSPS) is 15.9. The molecular formula is C12H13BrFNO. The van der Waals surface area contributed by atoms with Gasteiger partial charge in [-0.05, 0) is 36.7 Å². The minimum absolute atomic E-state index is 0.118. The molecule has 0 aromatic heterocycles. The fraction of sp³-hybridized carbons (Fsp3) is 0.417. The van der Waals surface area contributed by atoms with Crippen LogP contribution < -0.4 is 5.32 Å². The lowest BCUT2D eigenvalue weighted by Gasteiger charge is -2.26. The van der Waals surface area contributed by atoms with Gasteiger partial charge in [0.25, 0.3) is 0 Å². The van der Waals surface area contributed by atoms with Crippen LogP contribution in [0.3, 0.4) is 0 Å². The van der Waals surface area contributed by atoms with Crippen LogP contribution in [0.1, 0.15) is 12.0 Å². The molecule has 0 amide bonds. The summed E-state index contributed by atoms with van der Waals surface area (Å²) in [7, 11) is 0. The molecule has 0 bridgehead atoms. The molecule has 1 aromatic rings. The van der Waals surface area contributed by atoms with E-state index < -0.39 is 0 Å². The third kappa shape index (κ3) is 2.89. The molecule has 4 heteroatoms. The van der Waals surface area contributed by atoms with Gasteiger partial charge >= 0.3 is 0 Å². The minimum atomic E-state index is -0.311. The molecule has 0 aliphatic carbocycles. The molecule has 1 aromatic carbocycles. The van der Waals surface area contributed by atoms with Crippen LogP contribution in [0.15, 0.2) is 22.7 Å². The highest BCUT2D eigenvalue weighted by atomic mass is 79.9.